The van der Waals surface area contributed by atoms with Crippen molar-refractivity contribution >= 4 is 64.3 Å². The molecule has 0 spiro atoms. The lowest BCUT2D eigenvalue weighted by Gasteiger charge is -2.50. The highest BCUT2D eigenvalue weighted by atomic mass is 32.2. The Morgan fingerprint density at radius 3 is 2.22 bits per heavy atom. The quantitative estimate of drug-likeness (QED) is 0.0808. The van der Waals surface area contributed by atoms with Gasteiger partial charge in [0.25, 0.3) is 17.7 Å². The Balaban J connectivity index is 1.46. The standard InChI is InChI=1S/C32H28N4O14S/c1-13(37)47-10-16-12-51-29-24(28(43)36(29)25(16)30(44)45)34-31(46)32(33,17-4-6-18(40)7-5-17)35-27(42)20-11-48-21-9-23(50-15(3)39)22(49-14(2)38)8-19(21)26(20)41/h4-9,11,24,29,40H,10,12,33H2,1-3H3,(H,34,46)(H,35,42)(H,44,45)/t24-,29+,32?/m1/s1. The SMILES string of the molecule is CC(=O)OCC1=C(C(=O)O)N2C(=O)[C@@H](NC(=O)C(N)(NC(=O)c3coc4cc(OC(C)=O)c(OC(C)=O)cc4c3=O)c3ccc(O)cc3)[C@@H]2SC1. The van der Waals surface area contributed by atoms with Crippen LogP contribution in [0.4, 0.5) is 0 Å². The number of carboxylic acid groups (broad SMARTS) is 1. The van der Waals surface area contributed by atoms with Crippen LogP contribution in [0.5, 0.6) is 17.2 Å². The molecule has 1 saturated heterocycles. The molecule has 6 N–H and O–H groups in total. The van der Waals surface area contributed by atoms with Crippen molar-refractivity contribution in [3.63, 3.8) is 0 Å². The van der Waals surface area contributed by atoms with E-state index in [4.69, 9.17) is 24.4 Å². The zero-order valence-corrected chi connectivity index (χ0v) is 27.7. The van der Waals surface area contributed by atoms with Crippen LogP contribution < -0.4 is 31.3 Å². The molecule has 0 radical (unpaired) electrons. The number of phenols is 1. The molecule has 1 aromatic heterocycles. The van der Waals surface area contributed by atoms with Crippen molar-refractivity contribution in [1.29, 1.82) is 0 Å². The van der Waals surface area contributed by atoms with Crippen molar-refractivity contribution < 1.29 is 62.4 Å². The first-order chi connectivity index (χ1) is 24.0. The number of esters is 3. The van der Waals surface area contributed by atoms with Gasteiger partial charge in [-0.15, -0.1) is 11.8 Å². The summed E-state index contributed by atoms with van der Waals surface area (Å²) < 4.78 is 20.5. The maximum atomic E-state index is 13.9. The smallest absolute Gasteiger partial charge is 0.352 e. The lowest BCUT2D eigenvalue weighted by molar-refractivity contribution is -0.151. The molecule has 1 fully saturated rings. The van der Waals surface area contributed by atoms with E-state index in [9.17, 15) is 48.6 Å². The summed E-state index contributed by atoms with van der Waals surface area (Å²) in [5.74, 6) is -7.66. The molecule has 0 aliphatic carbocycles. The van der Waals surface area contributed by atoms with Gasteiger partial charge in [-0.1, -0.05) is 12.1 Å². The minimum atomic E-state index is -2.51. The number of rotatable bonds is 10. The summed E-state index contributed by atoms with van der Waals surface area (Å²) in [5.41, 5.74) is 1.87. The average molecular weight is 725 g/mol. The first kappa shape index (κ1) is 36.1. The second kappa shape index (κ2) is 14.0. The molecule has 51 heavy (non-hydrogen) atoms. The van der Waals surface area contributed by atoms with Gasteiger partial charge in [-0.2, -0.15) is 0 Å². The third-order valence-electron chi connectivity index (χ3n) is 7.57. The van der Waals surface area contributed by atoms with E-state index in [-0.39, 0.29) is 51.7 Å². The third-order valence-corrected chi connectivity index (χ3v) is 8.91. The molecule has 18 nitrogen and oxygen atoms in total. The Labute approximate surface area is 290 Å². The van der Waals surface area contributed by atoms with Crippen molar-refractivity contribution in [3.05, 3.63) is 75.3 Å². The number of carbonyl (C=O) groups is 7. The highest BCUT2D eigenvalue weighted by molar-refractivity contribution is 8.00. The molecule has 2 aromatic carbocycles. The zero-order valence-electron chi connectivity index (χ0n) is 26.8. The van der Waals surface area contributed by atoms with Crippen LogP contribution in [0.1, 0.15) is 36.7 Å². The third kappa shape index (κ3) is 7.10. The summed E-state index contributed by atoms with van der Waals surface area (Å²) in [4.78, 5) is 102. The Morgan fingerprint density at radius 1 is 1.00 bits per heavy atom. The molecule has 266 valence electrons. The Morgan fingerprint density at radius 2 is 1.63 bits per heavy atom. The number of phenolic OH excluding ortho intramolecular Hbond substituents is 1. The van der Waals surface area contributed by atoms with Crippen molar-refractivity contribution in [1.82, 2.24) is 15.5 Å². The maximum absolute atomic E-state index is 13.9. The summed E-state index contributed by atoms with van der Waals surface area (Å²) in [6, 6.07) is 5.54. The van der Waals surface area contributed by atoms with Gasteiger partial charge in [0, 0.05) is 43.7 Å². The summed E-state index contributed by atoms with van der Waals surface area (Å²) in [7, 11) is 0. The van der Waals surface area contributed by atoms with Gasteiger partial charge in [0.1, 0.15) is 46.9 Å². The largest absolute Gasteiger partial charge is 0.508 e. The van der Waals surface area contributed by atoms with Crippen LogP contribution in [0, 0.1) is 0 Å². The van der Waals surface area contributed by atoms with Crippen LogP contribution in [0.15, 0.2) is 63.1 Å². The summed E-state index contributed by atoms with van der Waals surface area (Å²) in [6.45, 7) is 2.93. The van der Waals surface area contributed by atoms with Crippen molar-refractivity contribution in [2.45, 2.75) is 37.8 Å². The predicted octanol–water partition coefficient (Wildman–Crippen LogP) is 0.192. The summed E-state index contributed by atoms with van der Waals surface area (Å²) >= 11 is 1.08. The minimum absolute atomic E-state index is 0.0392. The van der Waals surface area contributed by atoms with E-state index in [1.54, 1.807) is 0 Å². The lowest BCUT2D eigenvalue weighted by Crippen LogP contribution is -2.74. The van der Waals surface area contributed by atoms with Crippen LogP contribution in [-0.4, -0.2) is 80.5 Å². The van der Waals surface area contributed by atoms with Crippen LogP contribution in [0.2, 0.25) is 0 Å². The molecule has 3 aromatic rings. The van der Waals surface area contributed by atoms with E-state index < -0.39 is 75.4 Å². The lowest BCUT2D eigenvalue weighted by atomic mass is 9.96. The number of carbonyl (C=O) groups excluding carboxylic acids is 6. The molecule has 3 heterocycles. The fraction of sp³-hybridized carbons (Fsp3) is 0.250. The molecule has 2 aliphatic rings. The molecule has 2 aliphatic heterocycles. The van der Waals surface area contributed by atoms with Gasteiger partial charge < -0.3 is 39.5 Å². The summed E-state index contributed by atoms with van der Waals surface area (Å²) in [5, 5.41) is 23.2. The highest BCUT2D eigenvalue weighted by Gasteiger charge is 2.55. The van der Waals surface area contributed by atoms with Crippen LogP contribution in [0.25, 0.3) is 11.0 Å². The predicted molar refractivity (Wildman–Crippen MR) is 173 cm³/mol. The maximum Gasteiger partial charge on any atom is 0.352 e. The second-order valence-electron chi connectivity index (χ2n) is 11.2. The Bertz CT molecular complexity index is 2110. The number of hydrogen-bond acceptors (Lipinski definition) is 15. The van der Waals surface area contributed by atoms with Crippen molar-refractivity contribution in [2.24, 2.45) is 5.73 Å². The number of hydrogen-bond donors (Lipinski definition) is 5. The molecular formula is C32H28N4O14S. The van der Waals surface area contributed by atoms with Gasteiger partial charge in [-0.25, -0.2) is 4.79 Å². The number of ether oxygens (including phenoxy) is 3. The molecule has 0 bridgehead atoms. The fourth-order valence-electron chi connectivity index (χ4n) is 5.23. The van der Waals surface area contributed by atoms with Crippen LogP contribution in [0.3, 0.4) is 0 Å². The monoisotopic (exact) mass is 724 g/mol. The van der Waals surface area contributed by atoms with Gasteiger partial charge in [0.2, 0.25) is 5.43 Å². The molecule has 1 unspecified atom stereocenters. The molecule has 19 heteroatoms. The van der Waals surface area contributed by atoms with Crippen molar-refractivity contribution in [3.8, 4) is 17.2 Å². The Kier molecular flexibility index (Phi) is 9.87. The van der Waals surface area contributed by atoms with Gasteiger partial charge in [0.05, 0.1) is 5.39 Å². The number of nitrogens with zero attached hydrogens (tertiary/aromatic N) is 1. The van der Waals surface area contributed by atoms with Crippen LogP contribution in [-0.2, 0) is 39.2 Å². The number of nitrogens with two attached hydrogens (primary N) is 1. The Hall–Kier alpha value is -6.21. The number of aromatic hydroxyl groups is 1. The van der Waals surface area contributed by atoms with Gasteiger partial charge in [-0.05, 0) is 18.2 Å². The second-order valence-corrected chi connectivity index (χ2v) is 12.3. The minimum Gasteiger partial charge on any atom is -0.508 e. The topological polar surface area (TPSA) is 271 Å². The average Bonchev–Trinajstić information content (AvgIpc) is 3.05. The fourth-order valence-corrected chi connectivity index (χ4v) is 6.56. The first-order valence-electron chi connectivity index (χ1n) is 14.7. The number of carboxylic acids is 1. The van der Waals surface area contributed by atoms with E-state index in [2.05, 4.69) is 10.6 Å². The van der Waals surface area contributed by atoms with Crippen molar-refractivity contribution in [2.75, 3.05) is 12.4 Å². The van der Waals surface area contributed by atoms with Gasteiger partial charge >= 0.3 is 23.9 Å². The van der Waals surface area contributed by atoms with Gasteiger partial charge in [0.15, 0.2) is 17.2 Å². The van der Waals surface area contributed by atoms with E-state index in [0.29, 0.717) is 0 Å². The summed E-state index contributed by atoms with van der Waals surface area (Å²) in [6.07, 6.45) is 0.761. The highest BCUT2D eigenvalue weighted by Crippen LogP contribution is 2.41. The molecule has 5 rings (SSSR count). The molecular weight excluding hydrogens is 696 g/mol. The van der Waals surface area contributed by atoms with Gasteiger partial charge in [-0.3, -0.25) is 44.2 Å². The number of fused-ring (bicyclic) bond motifs is 2. The van der Waals surface area contributed by atoms with Crippen LogP contribution >= 0.6 is 11.8 Å². The number of benzene rings is 2. The molecule has 3 atom stereocenters. The van der Waals surface area contributed by atoms with E-state index in [1.165, 1.54) is 24.3 Å². The first-order valence-corrected chi connectivity index (χ1v) is 15.8. The van der Waals surface area contributed by atoms with E-state index in [1.807, 2.05) is 0 Å². The zero-order chi connectivity index (χ0) is 37.4. The molecule has 0 saturated carbocycles. The number of aliphatic carboxylic acids is 1. The number of thioether (sulfide) groups is 1. The number of amides is 3. The number of nitrogens with one attached hydrogen (secondary N) is 2. The van der Waals surface area contributed by atoms with E-state index >= 15 is 0 Å². The molecule has 3 amide bonds. The van der Waals surface area contributed by atoms with E-state index in [0.717, 1.165) is 55.8 Å². The number of β-lactam (4-membered cyclic amide) rings is 1. The normalized spacial score (nSPS) is 17.7.